The molecule has 6 rings (SSSR count). The molecule has 4 aromatic rings. The lowest BCUT2D eigenvalue weighted by Gasteiger charge is -2.35. The molecule has 3 heterocycles. The highest BCUT2D eigenvalue weighted by Gasteiger charge is 2.27. The summed E-state index contributed by atoms with van der Waals surface area (Å²) in [4.78, 5) is 42.6. The van der Waals surface area contributed by atoms with E-state index in [4.69, 9.17) is 16.0 Å². The van der Waals surface area contributed by atoms with Crippen LogP contribution in [0.25, 0.3) is 11.0 Å². The highest BCUT2D eigenvalue weighted by atomic mass is 35.5. The molecule has 3 aromatic carbocycles. The first kappa shape index (κ1) is 29.1. The Morgan fingerprint density at radius 1 is 0.953 bits per heavy atom. The van der Waals surface area contributed by atoms with Gasteiger partial charge in [-0.25, -0.2) is 0 Å². The van der Waals surface area contributed by atoms with Crippen molar-refractivity contribution < 1.29 is 14.0 Å². The van der Waals surface area contributed by atoms with Gasteiger partial charge in [-0.15, -0.1) is 0 Å². The molecular formula is C35H36ClN3O4. The number of benzene rings is 3. The van der Waals surface area contributed by atoms with Gasteiger partial charge in [0.2, 0.25) is 5.91 Å². The average Bonchev–Trinajstić information content (AvgIpc) is 3.42. The van der Waals surface area contributed by atoms with Gasteiger partial charge >= 0.3 is 0 Å². The predicted molar refractivity (Wildman–Crippen MR) is 168 cm³/mol. The van der Waals surface area contributed by atoms with E-state index in [9.17, 15) is 14.4 Å². The predicted octanol–water partition coefficient (Wildman–Crippen LogP) is 5.79. The number of carbonyl (C=O) groups excluding carboxylic acids is 2. The molecule has 43 heavy (non-hydrogen) atoms. The first-order chi connectivity index (χ1) is 20.9. The number of rotatable bonds is 9. The van der Waals surface area contributed by atoms with Crippen LogP contribution in [0.3, 0.4) is 0 Å². The number of likely N-dealkylation sites (tertiary alicyclic amines) is 2. The Balaban J connectivity index is 1.14. The number of piperidine rings is 1. The Morgan fingerprint density at radius 2 is 1.70 bits per heavy atom. The first-order valence-electron chi connectivity index (χ1n) is 15.1. The standard InChI is InChI=1S/C35H36ClN3O4/c36-27-13-11-24(12-14-27)20-28(37-35(42)33-21-31(40)30-8-3-4-9-32(30)43-33)23-38-18-15-25(16-19-38)29-7-2-1-6-26(29)22-39-17-5-10-34(39)41/h1-4,6-9,11-14,21,25,28H,5,10,15-20,22-23H2,(H,37,42)/t28-/m0/s1. The summed E-state index contributed by atoms with van der Waals surface area (Å²) in [5.41, 5.74) is 3.82. The summed E-state index contributed by atoms with van der Waals surface area (Å²) >= 11 is 6.12. The van der Waals surface area contributed by atoms with Crippen LogP contribution in [-0.4, -0.2) is 53.8 Å². The molecule has 2 amide bonds. The summed E-state index contributed by atoms with van der Waals surface area (Å²) in [5.74, 6) is 0.293. The molecule has 7 nitrogen and oxygen atoms in total. The van der Waals surface area contributed by atoms with Crippen molar-refractivity contribution in [3.05, 3.63) is 117 Å². The van der Waals surface area contributed by atoms with Crippen molar-refractivity contribution >= 4 is 34.4 Å². The van der Waals surface area contributed by atoms with Crippen LogP contribution in [0, 0.1) is 0 Å². The number of nitrogens with one attached hydrogen (secondary N) is 1. The monoisotopic (exact) mass is 597 g/mol. The zero-order valence-electron chi connectivity index (χ0n) is 24.1. The minimum Gasteiger partial charge on any atom is -0.451 e. The van der Waals surface area contributed by atoms with Crippen molar-refractivity contribution in [2.24, 2.45) is 0 Å². The van der Waals surface area contributed by atoms with Gasteiger partial charge in [0.05, 0.1) is 5.39 Å². The Hall–Kier alpha value is -3.94. The molecule has 0 spiro atoms. The molecule has 2 fully saturated rings. The number of fused-ring (bicyclic) bond motifs is 1. The largest absolute Gasteiger partial charge is 0.451 e. The maximum Gasteiger partial charge on any atom is 0.287 e. The molecule has 2 saturated heterocycles. The number of para-hydroxylation sites is 1. The van der Waals surface area contributed by atoms with Crippen molar-refractivity contribution in [3.8, 4) is 0 Å². The Labute approximate surface area is 256 Å². The SMILES string of the molecule is O=C(N[C@@H](Cc1ccc(Cl)cc1)CN1CCC(c2ccccc2CN2CCCC2=O)CC1)c1cc(=O)c2ccccc2o1. The van der Waals surface area contributed by atoms with E-state index in [2.05, 4.69) is 34.5 Å². The summed E-state index contributed by atoms with van der Waals surface area (Å²) in [6.07, 6.45) is 4.23. The van der Waals surface area contributed by atoms with Crippen molar-refractivity contribution in [1.29, 1.82) is 0 Å². The van der Waals surface area contributed by atoms with Crippen molar-refractivity contribution in [2.45, 2.75) is 50.6 Å². The van der Waals surface area contributed by atoms with Crippen LogP contribution in [0.15, 0.2) is 88.1 Å². The van der Waals surface area contributed by atoms with Crippen molar-refractivity contribution in [1.82, 2.24) is 15.1 Å². The summed E-state index contributed by atoms with van der Waals surface area (Å²) in [6, 6.07) is 24.2. The second kappa shape index (κ2) is 13.1. The van der Waals surface area contributed by atoms with Crippen LogP contribution in [0.1, 0.15) is 58.8 Å². The summed E-state index contributed by atoms with van der Waals surface area (Å²) in [7, 11) is 0. The minimum atomic E-state index is -0.401. The molecular weight excluding hydrogens is 562 g/mol. The molecule has 0 saturated carbocycles. The average molecular weight is 598 g/mol. The summed E-state index contributed by atoms with van der Waals surface area (Å²) in [5, 5.41) is 4.27. The number of hydrogen-bond donors (Lipinski definition) is 1. The van der Waals surface area contributed by atoms with Crippen LogP contribution in [0.4, 0.5) is 0 Å². The second-order valence-electron chi connectivity index (χ2n) is 11.7. The van der Waals surface area contributed by atoms with Gasteiger partial charge in [0.25, 0.3) is 5.91 Å². The lowest BCUT2D eigenvalue weighted by Crippen LogP contribution is -2.47. The molecule has 0 bridgehead atoms. The molecule has 8 heteroatoms. The van der Waals surface area contributed by atoms with Crippen LogP contribution < -0.4 is 10.7 Å². The van der Waals surface area contributed by atoms with E-state index in [0.29, 0.717) is 47.8 Å². The van der Waals surface area contributed by atoms with Gasteiger partial charge in [-0.1, -0.05) is 60.1 Å². The van der Waals surface area contributed by atoms with Gasteiger partial charge < -0.3 is 19.5 Å². The van der Waals surface area contributed by atoms with E-state index in [1.807, 2.05) is 29.2 Å². The van der Waals surface area contributed by atoms with E-state index >= 15 is 0 Å². The first-order valence-corrected chi connectivity index (χ1v) is 15.5. The third-order valence-electron chi connectivity index (χ3n) is 8.68. The molecule has 2 aliphatic heterocycles. The second-order valence-corrected chi connectivity index (χ2v) is 12.1. The van der Waals surface area contributed by atoms with Crippen molar-refractivity contribution in [2.75, 3.05) is 26.2 Å². The highest BCUT2D eigenvalue weighted by Crippen LogP contribution is 2.32. The molecule has 1 atom stereocenters. The minimum absolute atomic E-state index is 0.0107. The van der Waals surface area contributed by atoms with Gasteiger partial charge in [-0.05, 0) is 85.6 Å². The number of amides is 2. The van der Waals surface area contributed by atoms with Gasteiger partial charge in [-0.2, -0.15) is 0 Å². The summed E-state index contributed by atoms with van der Waals surface area (Å²) in [6.45, 7) is 4.01. The zero-order chi connectivity index (χ0) is 29.8. The Morgan fingerprint density at radius 3 is 2.47 bits per heavy atom. The number of hydrogen-bond acceptors (Lipinski definition) is 5. The normalized spacial score (nSPS) is 17.0. The molecule has 222 valence electrons. The van der Waals surface area contributed by atoms with Crippen LogP contribution in [0.2, 0.25) is 5.02 Å². The molecule has 1 aromatic heterocycles. The Bertz CT molecular complexity index is 1660. The van der Waals surface area contributed by atoms with E-state index in [1.54, 1.807) is 24.3 Å². The molecule has 2 aliphatic rings. The maximum atomic E-state index is 13.4. The number of halogens is 1. The zero-order valence-corrected chi connectivity index (χ0v) is 24.9. The van der Waals surface area contributed by atoms with E-state index in [1.165, 1.54) is 17.2 Å². The molecule has 0 unspecified atom stereocenters. The fraction of sp³-hybridized carbons (Fsp3) is 0.343. The van der Waals surface area contributed by atoms with Crippen LogP contribution in [-0.2, 0) is 17.8 Å². The third kappa shape index (κ3) is 7.00. The van der Waals surface area contributed by atoms with Gasteiger partial charge in [-0.3, -0.25) is 14.4 Å². The fourth-order valence-corrected chi connectivity index (χ4v) is 6.56. The third-order valence-corrected chi connectivity index (χ3v) is 8.93. The van der Waals surface area contributed by atoms with E-state index in [0.717, 1.165) is 44.5 Å². The Kier molecular flexibility index (Phi) is 8.91. The number of carbonyl (C=O) groups is 2. The highest BCUT2D eigenvalue weighted by molar-refractivity contribution is 6.30. The van der Waals surface area contributed by atoms with Gasteiger partial charge in [0.1, 0.15) is 5.58 Å². The molecule has 1 N–H and O–H groups in total. The summed E-state index contributed by atoms with van der Waals surface area (Å²) < 4.78 is 5.82. The molecule has 0 aliphatic carbocycles. The van der Waals surface area contributed by atoms with Crippen LogP contribution >= 0.6 is 11.6 Å². The smallest absolute Gasteiger partial charge is 0.287 e. The lowest BCUT2D eigenvalue weighted by atomic mass is 9.86. The quantitative estimate of drug-likeness (QED) is 0.264. The fourth-order valence-electron chi connectivity index (χ4n) is 6.43. The molecule has 0 radical (unpaired) electrons. The maximum absolute atomic E-state index is 13.4. The van der Waals surface area contributed by atoms with Crippen LogP contribution in [0.5, 0.6) is 0 Å². The lowest BCUT2D eigenvalue weighted by molar-refractivity contribution is -0.128. The number of nitrogens with zero attached hydrogens (tertiary/aromatic N) is 2. The van der Waals surface area contributed by atoms with Gasteiger partial charge in [0.15, 0.2) is 11.2 Å². The van der Waals surface area contributed by atoms with E-state index in [-0.39, 0.29) is 23.1 Å². The van der Waals surface area contributed by atoms with Gasteiger partial charge in [0, 0.05) is 43.2 Å². The topological polar surface area (TPSA) is 82.9 Å². The van der Waals surface area contributed by atoms with E-state index < -0.39 is 5.91 Å². The van der Waals surface area contributed by atoms with Crippen molar-refractivity contribution in [3.63, 3.8) is 0 Å².